The number of aryl methyl sites for hydroxylation is 1. The van der Waals surface area contributed by atoms with Crippen LogP contribution in [0.3, 0.4) is 0 Å². The third-order valence-corrected chi connectivity index (χ3v) is 6.94. The standard InChI is InChI=1S/C26H30FN5O5/c1-13-21(25(35)31-18-7-8-32(10-19(18)34)26(36)14(2)33)23-24(30-13)22(28-12-29-23)17-6-5-16(27)9-20(17)37-11-15-3-4-15/h5-6,9,12,14-15,18-19,30,33-34H,3-4,7-8,10-11H2,1-2H3,(H,31,35)/t14-,18-,19-/m0/s1. The summed E-state index contributed by atoms with van der Waals surface area (Å²) in [4.78, 5) is 38.7. The van der Waals surface area contributed by atoms with Gasteiger partial charge in [-0.3, -0.25) is 9.59 Å². The minimum atomic E-state index is -1.15. The van der Waals surface area contributed by atoms with Gasteiger partial charge in [0.15, 0.2) is 0 Å². The smallest absolute Gasteiger partial charge is 0.255 e. The molecule has 3 heterocycles. The molecule has 5 rings (SSSR count). The van der Waals surface area contributed by atoms with Gasteiger partial charge in [-0.1, -0.05) is 0 Å². The number of rotatable bonds is 7. The molecule has 0 unspecified atom stereocenters. The molecule has 2 aliphatic rings. The minimum Gasteiger partial charge on any atom is -0.492 e. The molecule has 0 spiro atoms. The van der Waals surface area contributed by atoms with Crippen LogP contribution in [0.4, 0.5) is 4.39 Å². The Labute approximate surface area is 212 Å². The molecule has 2 amide bonds. The van der Waals surface area contributed by atoms with Gasteiger partial charge in [0.25, 0.3) is 11.8 Å². The van der Waals surface area contributed by atoms with E-state index in [1.165, 1.54) is 30.3 Å². The number of nitrogens with zero attached hydrogens (tertiary/aromatic N) is 3. The summed E-state index contributed by atoms with van der Waals surface area (Å²) < 4.78 is 19.9. The van der Waals surface area contributed by atoms with Crippen molar-refractivity contribution in [2.45, 2.75) is 51.4 Å². The number of aromatic nitrogens is 3. The van der Waals surface area contributed by atoms with E-state index in [2.05, 4.69) is 20.3 Å². The van der Waals surface area contributed by atoms with Crippen molar-refractivity contribution >= 4 is 22.8 Å². The number of fused-ring (bicyclic) bond motifs is 1. The van der Waals surface area contributed by atoms with Crippen LogP contribution >= 0.6 is 0 Å². The summed E-state index contributed by atoms with van der Waals surface area (Å²) in [6, 6.07) is 3.71. The number of hydrogen-bond acceptors (Lipinski definition) is 7. The Morgan fingerprint density at radius 1 is 1.30 bits per heavy atom. The molecule has 10 nitrogen and oxygen atoms in total. The van der Waals surface area contributed by atoms with Crippen molar-refractivity contribution in [3.63, 3.8) is 0 Å². The van der Waals surface area contributed by atoms with Crippen LogP contribution in [-0.2, 0) is 4.79 Å². The van der Waals surface area contributed by atoms with E-state index in [1.54, 1.807) is 13.0 Å². The molecule has 2 aromatic heterocycles. The van der Waals surface area contributed by atoms with Gasteiger partial charge in [-0.05, 0) is 51.2 Å². The molecular weight excluding hydrogens is 481 g/mol. The fourth-order valence-electron chi connectivity index (χ4n) is 4.71. The summed E-state index contributed by atoms with van der Waals surface area (Å²) in [5, 5.41) is 23.0. The summed E-state index contributed by atoms with van der Waals surface area (Å²) in [6.07, 6.45) is 1.75. The second kappa shape index (κ2) is 10.1. The predicted octanol–water partition coefficient (Wildman–Crippen LogP) is 1.93. The molecule has 196 valence electrons. The normalized spacial score (nSPS) is 20.6. The van der Waals surface area contributed by atoms with E-state index in [0.29, 0.717) is 64.8 Å². The van der Waals surface area contributed by atoms with Crippen molar-refractivity contribution in [1.82, 2.24) is 25.2 Å². The first-order valence-corrected chi connectivity index (χ1v) is 12.4. The van der Waals surface area contributed by atoms with Gasteiger partial charge in [0.05, 0.1) is 29.8 Å². The van der Waals surface area contributed by atoms with Crippen LogP contribution in [0.1, 0.15) is 42.2 Å². The SMILES string of the molecule is Cc1[nH]c2c(-c3ccc(F)cc3OCC3CC3)ncnc2c1C(=O)N[C@H]1CCN(C(=O)[C@H](C)O)C[C@@H]1O. The van der Waals surface area contributed by atoms with Gasteiger partial charge in [-0.15, -0.1) is 0 Å². The number of aliphatic hydroxyl groups is 2. The van der Waals surface area contributed by atoms with Crippen molar-refractivity contribution in [2.24, 2.45) is 5.92 Å². The number of piperidine rings is 1. The van der Waals surface area contributed by atoms with Crippen LogP contribution in [0, 0.1) is 18.7 Å². The van der Waals surface area contributed by atoms with E-state index in [0.717, 1.165) is 12.8 Å². The highest BCUT2D eigenvalue weighted by molar-refractivity contribution is 6.09. The van der Waals surface area contributed by atoms with Gasteiger partial charge in [0.2, 0.25) is 0 Å². The number of benzene rings is 1. The summed E-state index contributed by atoms with van der Waals surface area (Å²) >= 11 is 0. The second-order valence-corrected chi connectivity index (χ2v) is 9.86. The fraction of sp³-hybridized carbons (Fsp3) is 0.462. The molecule has 0 bridgehead atoms. The number of amides is 2. The lowest BCUT2D eigenvalue weighted by Crippen LogP contribution is -2.56. The number of β-amino-alcohol motifs (C(OH)–C–C–N with tert-alkyl or cyclic N) is 1. The largest absolute Gasteiger partial charge is 0.492 e. The minimum absolute atomic E-state index is 0.0159. The predicted molar refractivity (Wildman–Crippen MR) is 132 cm³/mol. The number of carbonyl (C=O) groups excluding carboxylic acids is 2. The van der Waals surface area contributed by atoms with Crippen molar-refractivity contribution in [3.8, 4) is 17.0 Å². The number of aromatic amines is 1. The molecule has 0 radical (unpaired) electrons. The molecule has 1 saturated carbocycles. The van der Waals surface area contributed by atoms with Gasteiger partial charge in [-0.25, -0.2) is 14.4 Å². The average Bonchev–Trinajstić information content (AvgIpc) is 3.63. The summed E-state index contributed by atoms with van der Waals surface area (Å²) in [6.45, 7) is 3.95. The molecule has 1 saturated heterocycles. The van der Waals surface area contributed by atoms with E-state index in [9.17, 15) is 24.2 Å². The highest BCUT2D eigenvalue weighted by Gasteiger charge is 2.33. The van der Waals surface area contributed by atoms with Crippen molar-refractivity contribution in [1.29, 1.82) is 0 Å². The zero-order valence-corrected chi connectivity index (χ0v) is 20.7. The van der Waals surface area contributed by atoms with Gasteiger partial charge < -0.3 is 30.2 Å². The summed E-state index contributed by atoms with van der Waals surface area (Å²) in [7, 11) is 0. The van der Waals surface area contributed by atoms with Crippen molar-refractivity contribution in [3.05, 3.63) is 41.6 Å². The average molecular weight is 512 g/mol. The third-order valence-electron chi connectivity index (χ3n) is 6.94. The quantitative estimate of drug-likeness (QED) is 0.380. The molecule has 3 atom stereocenters. The Morgan fingerprint density at radius 3 is 2.78 bits per heavy atom. The topological polar surface area (TPSA) is 141 Å². The van der Waals surface area contributed by atoms with E-state index in [1.807, 2.05) is 0 Å². The maximum Gasteiger partial charge on any atom is 0.255 e. The van der Waals surface area contributed by atoms with Crippen molar-refractivity contribution in [2.75, 3.05) is 19.7 Å². The Morgan fingerprint density at radius 2 is 2.08 bits per heavy atom. The number of likely N-dealkylation sites (tertiary alicyclic amines) is 1. The van der Waals surface area contributed by atoms with Crippen LogP contribution < -0.4 is 10.1 Å². The van der Waals surface area contributed by atoms with Crippen molar-refractivity contribution < 1.29 is 28.9 Å². The molecule has 2 fully saturated rings. The van der Waals surface area contributed by atoms with Crippen LogP contribution in [-0.4, -0.2) is 79.8 Å². The summed E-state index contributed by atoms with van der Waals surface area (Å²) in [5.74, 6) is -0.426. The number of halogens is 1. The maximum absolute atomic E-state index is 14.0. The zero-order valence-electron chi connectivity index (χ0n) is 20.7. The molecule has 1 aliphatic heterocycles. The van der Waals surface area contributed by atoms with Crippen LogP contribution in [0.2, 0.25) is 0 Å². The maximum atomic E-state index is 14.0. The first-order chi connectivity index (χ1) is 17.7. The first kappa shape index (κ1) is 25.1. The van der Waals surface area contributed by atoms with Gasteiger partial charge in [0, 0.05) is 30.4 Å². The lowest BCUT2D eigenvalue weighted by molar-refractivity contribution is -0.142. The molecule has 1 aliphatic carbocycles. The van der Waals surface area contributed by atoms with E-state index >= 15 is 0 Å². The monoisotopic (exact) mass is 511 g/mol. The summed E-state index contributed by atoms with van der Waals surface area (Å²) in [5.41, 5.74) is 2.87. The zero-order chi connectivity index (χ0) is 26.3. The number of hydrogen-bond donors (Lipinski definition) is 4. The molecule has 37 heavy (non-hydrogen) atoms. The van der Waals surface area contributed by atoms with Crippen LogP contribution in [0.25, 0.3) is 22.3 Å². The molecule has 3 aromatic rings. The van der Waals surface area contributed by atoms with E-state index in [-0.39, 0.29) is 6.54 Å². The molecule has 11 heteroatoms. The highest BCUT2D eigenvalue weighted by Crippen LogP contribution is 2.36. The van der Waals surface area contributed by atoms with Gasteiger partial charge in [-0.2, -0.15) is 0 Å². The number of nitrogens with one attached hydrogen (secondary N) is 2. The van der Waals surface area contributed by atoms with Crippen LogP contribution in [0.5, 0.6) is 5.75 Å². The second-order valence-electron chi connectivity index (χ2n) is 9.86. The number of ether oxygens (including phenoxy) is 1. The van der Waals surface area contributed by atoms with Gasteiger partial charge >= 0.3 is 0 Å². The number of H-pyrrole nitrogens is 1. The number of aliphatic hydroxyl groups excluding tert-OH is 2. The molecular formula is C26H30FN5O5. The molecule has 1 aromatic carbocycles. The fourth-order valence-corrected chi connectivity index (χ4v) is 4.71. The van der Waals surface area contributed by atoms with E-state index in [4.69, 9.17) is 4.74 Å². The Hall–Kier alpha value is -3.57. The number of carbonyl (C=O) groups is 2. The van der Waals surface area contributed by atoms with Gasteiger partial charge in [0.1, 0.15) is 35.2 Å². The Balaban J connectivity index is 1.40. The third kappa shape index (κ3) is 5.14. The lowest BCUT2D eigenvalue weighted by Gasteiger charge is -2.36. The first-order valence-electron chi connectivity index (χ1n) is 12.4. The molecule has 4 N–H and O–H groups in total. The van der Waals surface area contributed by atoms with Crippen LogP contribution in [0.15, 0.2) is 24.5 Å². The Kier molecular flexibility index (Phi) is 6.82. The lowest BCUT2D eigenvalue weighted by atomic mass is 10.0. The Bertz CT molecular complexity index is 1340. The van der Waals surface area contributed by atoms with E-state index < -0.39 is 35.9 Å². The highest BCUT2D eigenvalue weighted by atomic mass is 19.1.